The fourth-order valence-electron chi connectivity index (χ4n) is 2.19. The van der Waals surface area contributed by atoms with Crippen LogP contribution in [0.4, 0.5) is 5.69 Å². The van der Waals surface area contributed by atoms with E-state index < -0.39 is 10.0 Å². The molecule has 6 heteroatoms. The molecule has 2 rings (SSSR count). The van der Waals surface area contributed by atoms with Crippen LogP contribution in [0.15, 0.2) is 34.5 Å². The van der Waals surface area contributed by atoms with E-state index in [0.29, 0.717) is 0 Å². The van der Waals surface area contributed by atoms with Crippen molar-refractivity contribution in [2.45, 2.75) is 38.1 Å². The van der Waals surface area contributed by atoms with Crippen molar-refractivity contribution in [2.75, 3.05) is 5.32 Å². The summed E-state index contributed by atoms with van der Waals surface area (Å²) in [5, 5.41) is 10.7. The minimum atomic E-state index is -3.70. The number of aryl methyl sites for hydroxylation is 1. The van der Waals surface area contributed by atoms with E-state index in [1.165, 1.54) is 4.88 Å². The van der Waals surface area contributed by atoms with Crippen molar-refractivity contribution in [3.05, 3.63) is 45.6 Å². The zero-order valence-electron chi connectivity index (χ0n) is 12.4. The van der Waals surface area contributed by atoms with Gasteiger partial charge in [0.05, 0.1) is 10.9 Å². The molecule has 0 aliphatic rings. The van der Waals surface area contributed by atoms with Crippen LogP contribution in [0.3, 0.4) is 0 Å². The maximum absolute atomic E-state index is 11.6. The van der Waals surface area contributed by atoms with Crippen LogP contribution < -0.4 is 10.5 Å². The smallest absolute Gasteiger partial charge is 0.238 e. The monoisotopic (exact) mass is 324 g/mol. The van der Waals surface area contributed by atoms with Gasteiger partial charge in [0.2, 0.25) is 10.0 Å². The van der Waals surface area contributed by atoms with E-state index in [4.69, 9.17) is 5.14 Å². The summed E-state index contributed by atoms with van der Waals surface area (Å²) in [5.74, 6) is 0. The van der Waals surface area contributed by atoms with Gasteiger partial charge < -0.3 is 5.32 Å². The maximum Gasteiger partial charge on any atom is 0.238 e. The second-order valence-corrected chi connectivity index (χ2v) is 7.62. The van der Waals surface area contributed by atoms with Crippen LogP contribution in [0.25, 0.3) is 0 Å². The first kappa shape index (κ1) is 16.0. The Balaban J connectivity index is 2.41. The van der Waals surface area contributed by atoms with Crippen LogP contribution in [0.1, 0.15) is 35.4 Å². The molecule has 0 radical (unpaired) electrons. The molecule has 1 aromatic carbocycles. The zero-order chi connectivity index (χ0) is 15.6. The normalized spacial score (nSPS) is 13.1. The Morgan fingerprint density at radius 2 is 2.05 bits per heavy atom. The third-order valence-corrected chi connectivity index (χ3v) is 5.47. The van der Waals surface area contributed by atoms with E-state index in [1.54, 1.807) is 23.5 Å². The van der Waals surface area contributed by atoms with Gasteiger partial charge in [-0.2, -0.15) is 0 Å². The fraction of sp³-hybridized carbons (Fsp3) is 0.333. The number of primary sulfonamides is 1. The Labute approximate surface area is 130 Å². The average molecular weight is 324 g/mol. The molecule has 1 atom stereocenters. The summed E-state index contributed by atoms with van der Waals surface area (Å²) in [6.07, 6.45) is 0.915. The molecule has 0 amide bonds. The first-order valence-electron chi connectivity index (χ1n) is 6.77. The number of nitrogens with one attached hydrogen (secondary N) is 1. The Morgan fingerprint density at radius 1 is 1.33 bits per heavy atom. The Kier molecular flexibility index (Phi) is 4.70. The predicted octanol–water partition coefficient (Wildman–Crippen LogP) is 3.58. The lowest BCUT2D eigenvalue weighted by Crippen LogP contribution is -2.15. The minimum Gasteiger partial charge on any atom is -0.377 e. The van der Waals surface area contributed by atoms with Gasteiger partial charge in [-0.05, 0) is 55.0 Å². The maximum atomic E-state index is 11.6. The van der Waals surface area contributed by atoms with Crippen LogP contribution >= 0.6 is 11.3 Å². The van der Waals surface area contributed by atoms with Gasteiger partial charge in [-0.15, -0.1) is 11.3 Å². The first-order chi connectivity index (χ1) is 9.82. The highest BCUT2D eigenvalue weighted by molar-refractivity contribution is 7.89. The molecule has 0 saturated heterocycles. The van der Waals surface area contributed by atoms with Crippen molar-refractivity contribution < 1.29 is 8.42 Å². The highest BCUT2D eigenvalue weighted by Crippen LogP contribution is 2.30. The van der Waals surface area contributed by atoms with Gasteiger partial charge in [0.25, 0.3) is 0 Å². The van der Waals surface area contributed by atoms with E-state index >= 15 is 0 Å². The number of benzene rings is 1. The first-order valence-corrected chi connectivity index (χ1v) is 9.19. The third-order valence-electron chi connectivity index (χ3n) is 3.59. The van der Waals surface area contributed by atoms with Crippen molar-refractivity contribution >= 4 is 27.0 Å². The van der Waals surface area contributed by atoms with Gasteiger partial charge in [-0.25, -0.2) is 13.6 Å². The van der Waals surface area contributed by atoms with Crippen molar-refractivity contribution in [1.29, 1.82) is 0 Å². The van der Waals surface area contributed by atoms with Crippen molar-refractivity contribution in [3.63, 3.8) is 0 Å². The SMILES string of the molecule is CCC(Nc1cc(S(N)(=O)=O)cc(C)c1C)c1cccs1. The molecular formula is C15H20N2O2S2. The van der Waals surface area contributed by atoms with Crippen molar-refractivity contribution in [1.82, 2.24) is 0 Å². The number of hydrogen-bond donors (Lipinski definition) is 2. The molecule has 4 nitrogen and oxygen atoms in total. The minimum absolute atomic E-state index is 0.147. The van der Waals surface area contributed by atoms with E-state index in [9.17, 15) is 8.42 Å². The molecule has 114 valence electrons. The zero-order valence-corrected chi connectivity index (χ0v) is 14.0. The quantitative estimate of drug-likeness (QED) is 0.883. The van der Waals surface area contributed by atoms with Gasteiger partial charge in [0, 0.05) is 10.6 Å². The van der Waals surface area contributed by atoms with Gasteiger partial charge in [-0.1, -0.05) is 13.0 Å². The number of hydrogen-bond acceptors (Lipinski definition) is 4. The summed E-state index contributed by atoms with van der Waals surface area (Å²) in [6.45, 7) is 5.97. The molecule has 0 fully saturated rings. The van der Waals surface area contributed by atoms with Crippen molar-refractivity contribution in [2.24, 2.45) is 5.14 Å². The highest BCUT2D eigenvalue weighted by atomic mass is 32.2. The van der Waals surface area contributed by atoms with E-state index in [1.807, 2.05) is 25.3 Å². The van der Waals surface area contributed by atoms with Gasteiger partial charge in [0.15, 0.2) is 0 Å². The van der Waals surface area contributed by atoms with Crippen LogP contribution in [0, 0.1) is 13.8 Å². The van der Waals surface area contributed by atoms with E-state index in [-0.39, 0.29) is 10.9 Å². The molecule has 0 bridgehead atoms. The Morgan fingerprint density at radius 3 is 2.57 bits per heavy atom. The molecule has 1 heterocycles. The lowest BCUT2D eigenvalue weighted by Gasteiger charge is -2.20. The summed E-state index contributed by atoms with van der Waals surface area (Å²) in [4.78, 5) is 1.38. The van der Waals surface area contributed by atoms with Crippen LogP contribution in [-0.2, 0) is 10.0 Å². The predicted molar refractivity (Wildman–Crippen MR) is 88.3 cm³/mol. The molecule has 1 aromatic heterocycles. The highest BCUT2D eigenvalue weighted by Gasteiger charge is 2.16. The third kappa shape index (κ3) is 3.64. The molecule has 0 spiro atoms. The molecule has 0 aliphatic heterocycles. The molecule has 0 aliphatic carbocycles. The molecule has 2 aromatic rings. The summed E-state index contributed by atoms with van der Waals surface area (Å²) in [7, 11) is -3.70. The van der Waals surface area contributed by atoms with Gasteiger partial charge >= 0.3 is 0 Å². The largest absolute Gasteiger partial charge is 0.377 e. The fourth-order valence-corrected chi connectivity index (χ4v) is 3.68. The number of rotatable bonds is 5. The summed E-state index contributed by atoms with van der Waals surface area (Å²) < 4.78 is 23.2. The van der Waals surface area contributed by atoms with E-state index in [0.717, 1.165) is 23.2 Å². The van der Waals surface area contributed by atoms with Crippen LogP contribution in [-0.4, -0.2) is 8.42 Å². The number of thiophene rings is 1. The van der Waals surface area contributed by atoms with E-state index in [2.05, 4.69) is 18.3 Å². The Hall–Kier alpha value is -1.37. The standard InChI is InChI=1S/C15H20N2O2S2/c1-4-13(15-6-5-7-20-15)17-14-9-12(21(16,18)19)8-10(2)11(14)3/h5-9,13,17H,4H2,1-3H3,(H2,16,18,19). The summed E-state index contributed by atoms with van der Waals surface area (Å²) in [5.41, 5.74) is 2.77. The average Bonchev–Trinajstić information content (AvgIpc) is 2.93. The lowest BCUT2D eigenvalue weighted by molar-refractivity contribution is 0.597. The number of anilines is 1. The second-order valence-electron chi connectivity index (χ2n) is 5.08. The molecule has 21 heavy (non-hydrogen) atoms. The molecule has 1 unspecified atom stereocenters. The van der Waals surface area contributed by atoms with Gasteiger partial charge in [-0.3, -0.25) is 0 Å². The summed E-state index contributed by atoms with van der Waals surface area (Å²) in [6, 6.07) is 7.50. The Bertz CT molecular complexity index is 722. The second kappa shape index (κ2) is 6.17. The van der Waals surface area contributed by atoms with Crippen molar-refractivity contribution in [3.8, 4) is 0 Å². The number of nitrogens with two attached hydrogens (primary N) is 1. The molecule has 0 saturated carbocycles. The molecule has 3 N–H and O–H groups in total. The molecular weight excluding hydrogens is 304 g/mol. The summed E-state index contributed by atoms with van der Waals surface area (Å²) >= 11 is 1.69. The van der Waals surface area contributed by atoms with Crippen LogP contribution in [0.5, 0.6) is 0 Å². The number of sulfonamides is 1. The lowest BCUT2D eigenvalue weighted by atomic mass is 10.1. The topological polar surface area (TPSA) is 72.2 Å². The van der Waals surface area contributed by atoms with Crippen LogP contribution in [0.2, 0.25) is 0 Å². The van der Waals surface area contributed by atoms with Gasteiger partial charge in [0.1, 0.15) is 0 Å².